The molecule has 0 aliphatic rings. The van der Waals surface area contributed by atoms with Gasteiger partial charge in [0.15, 0.2) is 0 Å². The van der Waals surface area contributed by atoms with Crippen LogP contribution in [0.2, 0.25) is 0 Å². The Morgan fingerprint density at radius 2 is 1.80 bits per heavy atom. The molecule has 20 heavy (non-hydrogen) atoms. The van der Waals surface area contributed by atoms with E-state index in [2.05, 4.69) is 61.6 Å². The van der Waals surface area contributed by atoms with Crippen LogP contribution < -0.4 is 11.1 Å². The maximum Gasteiger partial charge on any atom is 0.0205 e. The van der Waals surface area contributed by atoms with E-state index in [4.69, 9.17) is 5.73 Å². The van der Waals surface area contributed by atoms with Crippen molar-refractivity contribution in [1.82, 2.24) is 5.32 Å². The van der Waals surface area contributed by atoms with Gasteiger partial charge in [-0.15, -0.1) is 0 Å². The third-order valence-electron chi connectivity index (χ3n) is 3.63. The van der Waals surface area contributed by atoms with Gasteiger partial charge in [0.1, 0.15) is 0 Å². The lowest BCUT2D eigenvalue weighted by atomic mass is 10.0. The van der Waals surface area contributed by atoms with Gasteiger partial charge in [-0.05, 0) is 49.1 Å². The molecule has 2 nitrogen and oxygen atoms in total. The van der Waals surface area contributed by atoms with Gasteiger partial charge < -0.3 is 11.1 Å². The van der Waals surface area contributed by atoms with Crippen molar-refractivity contribution in [2.24, 2.45) is 5.73 Å². The maximum absolute atomic E-state index is 5.66. The van der Waals surface area contributed by atoms with Crippen LogP contribution in [0.1, 0.15) is 27.8 Å². The molecule has 106 valence electrons. The second-order valence-corrected chi connectivity index (χ2v) is 5.38. The monoisotopic (exact) mass is 268 g/mol. The van der Waals surface area contributed by atoms with Crippen molar-refractivity contribution in [2.75, 3.05) is 6.54 Å². The predicted molar refractivity (Wildman–Crippen MR) is 85.7 cm³/mol. The first-order valence-electron chi connectivity index (χ1n) is 7.24. The summed E-state index contributed by atoms with van der Waals surface area (Å²) < 4.78 is 0. The van der Waals surface area contributed by atoms with Crippen LogP contribution in [0.3, 0.4) is 0 Å². The number of nitrogens with one attached hydrogen (secondary N) is 1. The molecular weight excluding hydrogens is 244 g/mol. The molecule has 0 saturated heterocycles. The second kappa shape index (κ2) is 7.22. The van der Waals surface area contributed by atoms with Gasteiger partial charge in [-0.3, -0.25) is 0 Å². The summed E-state index contributed by atoms with van der Waals surface area (Å²) in [6, 6.07) is 15.1. The highest BCUT2D eigenvalue weighted by molar-refractivity contribution is 5.30. The molecule has 0 heterocycles. The zero-order valence-electron chi connectivity index (χ0n) is 12.4. The Labute approximate surface area is 122 Å². The number of aryl methyl sites for hydroxylation is 2. The molecule has 0 unspecified atom stereocenters. The molecule has 0 fully saturated rings. The molecule has 2 aromatic carbocycles. The first kappa shape index (κ1) is 14.8. The van der Waals surface area contributed by atoms with Crippen LogP contribution in [0.5, 0.6) is 0 Å². The standard InChI is InChI=1S/C18H24N2/c1-14-6-7-15(2)18(10-14)8-9-20-13-17-5-3-4-16(11-17)12-19/h3-7,10-11,20H,8-9,12-13,19H2,1-2H3. The number of hydrogen-bond donors (Lipinski definition) is 2. The first-order chi connectivity index (χ1) is 9.69. The van der Waals surface area contributed by atoms with Gasteiger partial charge in [-0.1, -0.05) is 48.0 Å². The zero-order chi connectivity index (χ0) is 14.4. The minimum Gasteiger partial charge on any atom is -0.326 e. The molecule has 0 aliphatic carbocycles. The van der Waals surface area contributed by atoms with Gasteiger partial charge in [-0.25, -0.2) is 0 Å². The molecule has 0 atom stereocenters. The molecular formula is C18H24N2. The van der Waals surface area contributed by atoms with Gasteiger partial charge in [0.2, 0.25) is 0 Å². The van der Waals surface area contributed by atoms with Crippen LogP contribution in [0.15, 0.2) is 42.5 Å². The highest BCUT2D eigenvalue weighted by Gasteiger charge is 1.99. The lowest BCUT2D eigenvalue weighted by Crippen LogP contribution is -2.17. The van der Waals surface area contributed by atoms with E-state index < -0.39 is 0 Å². The van der Waals surface area contributed by atoms with E-state index in [0.717, 1.165) is 19.5 Å². The predicted octanol–water partition coefficient (Wildman–Crippen LogP) is 3.09. The summed E-state index contributed by atoms with van der Waals surface area (Å²) >= 11 is 0. The van der Waals surface area contributed by atoms with Crippen molar-refractivity contribution in [3.63, 3.8) is 0 Å². The molecule has 3 N–H and O–H groups in total. The minimum atomic E-state index is 0.607. The molecule has 0 aliphatic heterocycles. The van der Waals surface area contributed by atoms with Crippen LogP contribution in [-0.2, 0) is 19.5 Å². The fraction of sp³-hybridized carbons (Fsp3) is 0.333. The van der Waals surface area contributed by atoms with E-state index in [1.165, 1.54) is 27.8 Å². The molecule has 0 bridgehead atoms. The third kappa shape index (κ3) is 4.19. The summed E-state index contributed by atoms with van der Waals surface area (Å²) in [6.45, 7) is 6.83. The van der Waals surface area contributed by atoms with Crippen molar-refractivity contribution < 1.29 is 0 Å². The van der Waals surface area contributed by atoms with Crippen LogP contribution in [0.25, 0.3) is 0 Å². The van der Waals surface area contributed by atoms with Gasteiger partial charge in [-0.2, -0.15) is 0 Å². The Morgan fingerprint density at radius 3 is 2.60 bits per heavy atom. The third-order valence-corrected chi connectivity index (χ3v) is 3.63. The van der Waals surface area contributed by atoms with Gasteiger partial charge in [0, 0.05) is 13.1 Å². The summed E-state index contributed by atoms with van der Waals surface area (Å²) in [4.78, 5) is 0. The van der Waals surface area contributed by atoms with Crippen molar-refractivity contribution in [3.8, 4) is 0 Å². The minimum absolute atomic E-state index is 0.607. The van der Waals surface area contributed by atoms with Gasteiger partial charge >= 0.3 is 0 Å². The van der Waals surface area contributed by atoms with E-state index in [9.17, 15) is 0 Å². The van der Waals surface area contributed by atoms with E-state index in [1.807, 2.05) is 0 Å². The van der Waals surface area contributed by atoms with E-state index >= 15 is 0 Å². The number of rotatable bonds is 6. The number of nitrogens with two attached hydrogens (primary N) is 1. The van der Waals surface area contributed by atoms with Gasteiger partial charge in [0.25, 0.3) is 0 Å². The summed E-state index contributed by atoms with van der Waals surface area (Å²) in [7, 11) is 0. The topological polar surface area (TPSA) is 38.0 Å². The SMILES string of the molecule is Cc1ccc(C)c(CCNCc2cccc(CN)c2)c1. The lowest BCUT2D eigenvalue weighted by molar-refractivity contribution is 0.685. The average molecular weight is 268 g/mol. The highest BCUT2D eigenvalue weighted by Crippen LogP contribution is 2.11. The largest absolute Gasteiger partial charge is 0.326 e. The quantitative estimate of drug-likeness (QED) is 0.790. The Bertz CT molecular complexity index is 561. The highest BCUT2D eigenvalue weighted by atomic mass is 14.8. The fourth-order valence-electron chi connectivity index (χ4n) is 2.39. The second-order valence-electron chi connectivity index (χ2n) is 5.38. The Morgan fingerprint density at radius 1 is 1.00 bits per heavy atom. The van der Waals surface area contributed by atoms with Crippen LogP contribution in [0.4, 0.5) is 0 Å². The number of benzene rings is 2. The smallest absolute Gasteiger partial charge is 0.0205 e. The fourth-order valence-corrected chi connectivity index (χ4v) is 2.39. The summed E-state index contributed by atoms with van der Waals surface area (Å²) in [5.41, 5.74) is 12.3. The lowest BCUT2D eigenvalue weighted by Gasteiger charge is -2.09. The maximum atomic E-state index is 5.66. The van der Waals surface area contributed by atoms with E-state index in [1.54, 1.807) is 0 Å². The molecule has 2 aromatic rings. The molecule has 0 spiro atoms. The molecule has 0 saturated carbocycles. The van der Waals surface area contributed by atoms with Crippen LogP contribution >= 0.6 is 0 Å². The van der Waals surface area contributed by atoms with Crippen molar-refractivity contribution in [3.05, 3.63) is 70.3 Å². The summed E-state index contributed by atoms with van der Waals surface area (Å²) in [5, 5.41) is 3.51. The van der Waals surface area contributed by atoms with Crippen LogP contribution in [0, 0.1) is 13.8 Å². The van der Waals surface area contributed by atoms with Crippen molar-refractivity contribution >= 4 is 0 Å². The normalized spacial score (nSPS) is 10.8. The summed E-state index contributed by atoms with van der Waals surface area (Å²) in [5.74, 6) is 0. The molecule has 2 heteroatoms. The first-order valence-corrected chi connectivity index (χ1v) is 7.24. The van der Waals surface area contributed by atoms with Crippen LogP contribution in [-0.4, -0.2) is 6.54 Å². The van der Waals surface area contributed by atoms with Crippen molar-refractivity contribution in [2.45, 2.75) is 33.4 Å². The molecule has 2 rings (SSSR count). The van der Waals surface area contributed by atoms with E-state index in [0.29, 0.717) is 6.54 Å². The van der Waals surface area contributed by atoms with Crippen molar-refractivity contribution in [1.29, 1.82) is 0 Å². The summed E-state index contributed by atoms with van der Waals surface area (Å²) in [6.07, 6.45) is 1.07. The Kier molecular flexibility index (Phi) is 5.33. The Balaban J connectivity index is 1.82. The Hall–Kier alpha value is -1.64. The number of hydrogen-bond acceptors (Lipinski definition) is 2. The van der Waals surface area contributed by atoms with E-state index in [-0.39, 0.29) is 0 Å². The average Bonchev–Trinajstić information content (AvgIpc) is 2.47. The van der Waals surface area contributed by atoms with Gasteiger partial charge in [0.05, 0.1) is 0 Å². The molecule has 0 radical (unpaired) electrons. The molecule has 0 amide bonds. The zero-order valence-corrected chi connectivity index (χ0v) is 12.4. The molecule has 0 aromatic heterocycles.